The van der Waals surface area contributed by atoms with E-state index in [1.807, 2.05) is 24.3 Å². The van der Waals surface area contributed by atoms with E-state index in [1.165, 1.54) is 6.42 Å². The van der Waals surface area contributed by atoms with Gasteiger partial charge in [-0.1, -0.05) is 28.1 Å². The van der Waals surface area contributed by atoms with E-state index in [0.717, 1.165) is 36.0 Å². The molecule has 0 spiro atoms. The van der Waals surface area contributed by atoms with Crippen molar-refractivity contribution >= 4 is 34.2 Å². The summed E-state index contributed by atoms with van der Waals surface area (Å²) in [5.74, 6) is 0.290. The van der Waals surface area contributed by atoms with E-state index < -0.39 is 0 Å². The Morgan fingerprint density at radius 2 is 1.90 bits per heavy atom. The molecular formula is C15H20BrClN2O. The van der Waals surface area contributed by atoms with Crippen molar-refractivity contribution in [2.75, 3.05) is 13.1 Å². The Bertz CT molecular complexity index is 451. The second-order valence-corrected chi connectivity index (χ2v) is 6.40. The van der Waals surface area contributed by atoms with Crippen LogP contribution in [0.2, 0.25) is 0 Å². The maximum Gasteiger partial charge on any atom is 0.227 e. The molecule has 2 bridgehead atoms. The van der Waals surface area contributed by atoms with Crippen molar-refractivity contribution in [2.45, 2.75) is 37.8 Å². The van der Waals surface area contributed by atoms with Crippen LogP contribution in [0.5, 0.6) is 0 Å². The lowest BCUT2D eigenvalue weighted by molar-refractivity contribution is -0.133. The molecule has 0 radical (unpaired) electrons. The first-order chi connectivity index (χ1) is 9.24. The molecule has 5 heteroatoms. The number of benzene rings is 1. The molecule has 0 aromatic heterocycles. The van der Waals surface area contributed by atoms with Gasteiger partial charge in [-0.25, -0.2) is 0 Å². The minimum atomic E-state index is 0. The SMILES string of the molecule is Cl.O=C(Cc1ccc(Br)cc1)N1C2CCNCC1CC2. The van der Waals surface area contributed by atoms with Gasteiger partial charge in [0.05, 0.1) is 6.42 Å². The predicted molar refractivity (Wildman–Crippen MR) is 86.2 cm³/mol. The maximum atomic E-state index is 12.6. The van der Waals surface area contributed by atoms with Gasteiger partial charge in [0.15, 0.2) is 0 Å². The third-order valence-corrected chi connectivity index (χ3v) is 4.74. The van der Waals surface area contributed by atoms with Gasteiger partial charge in [0.1, 0.15) is 0 Å². The first kappa shape index (κ1) is 15.8. The molecule has 0 aliphatic carbocycles. The molecule has 0 saturated carbocycles. The normalized spacial score (nSPS) is 24.9. The molecular weight excluding hydrogens is 340 g/mol. The predicted octanol–water partition coefficient (Wildman–Crippen LogP) is 2.77. The molecule has 2 aliphatic heterocycles. The van der Waals surface area contributed by atoms with Crippen LogP contribution >= 0.6 is 28.3 Å². The van der Waals surface area contributed by atoms with Crippen molar-refractivity contribution < 1.29 is 4.79 Å². The van der Waals surface area contributed by atoms with Crippen LogP contribution in [-0.2, 0) is 11.2 Å². The summed E-state index contributed by atoms with van der Waals surface area (Å²) in [7, 11) is 0. The Labute approximate surface area is 134 Å². The molecule has 1 amide bonds. The molecule has 2 aliphatic rings. The van der Waals surface area contributed by atoms with Crippen LogP contribution in [0.4, 0.5) is 0 Å². The van der Waals surface area contributed by atoms with Crippen molar-refractivity contribution in [3.05, 3.63) is 34.3 Å². The van der Waals surface area contributed by atoms with Crippen LogP contribution in [0.3, 0.4) is 0 Å². The maximum absolute atomic E-state index is 12.6. The number of carbonyl (C=O) groups excluding carboxylic acids is 1. The standard InChI is InChI=1S/C15H19BrN2O.ClH/c16-12-3-1-11(2-4-12)9-15(19)18-13-5-6-14(18)10-17-8-7-13;/h1-4,13-14,17H,5-10H2;1H. The molecule has 2 atom stereocenters. The number of hydrogen-bond donors (Lipinski definition) is 1. The summed E-state index contributed by atoms with van der Waals surface area (Å²) >= 11 is 3.42. The largest absolute Gasteiger partial charge is 0.335 e. The van der Waals surface area contributed by atoms with E-state index in [4.69, 9.17) is 0 Å². The van der Waals surface area contributed by atoms with Crippen LogP contribution in [-0.4, -0.2) is 36.0 Å². The zero-order valence-corrected chi connectivity index (χ0v) is 13.8. The van der Waals surface area contributed by atoms with Crippen molar-refractivity contribution in [3.63, 3.8) is 0 Å². The molecule has 1 aromatic carbocycles. The molecule has 1 N–H and O–H groups in total. The Balaban J connectivity index is 0.00000147. The van der Waals surface area contributed by atoms with E-state index in [9.17, 15) is 4.79 Å². The number of nitrogens with zero attached hydrogens (tertiary/aromatic N) is 1. The number of hydrogen-bond acceptors (Lipinski definition) is 2. The molecule has 2 unspecified atom stereocenters. The third-order valence-electron chi connectivity index (χ3n) is 4.21. The Morgan fingerprint density at radius 3 is 2.65 bits per heavy atom. The summed E-state index contributed by atoms with van der Waals surface area (Å²) in [6.07, 6.45) is 3.96. The lowest BCUT2D eigenvalue weighted by atomic mass is 10.1. The molecule has 3 nitrogen and oxygen atoms in total. The Kier molecular flexibility index (Phi) is 5.47. The average molecular weight is 360 g/mol. The molecule has 20 heavy (non-hydrogen) atoms. The van der Waals surface area contributed by atoms with Gasteiger partial charge in [-0.05, 0) is 43.5 Å². The highest BCUT2D eigenvalue weighted by Gasteiger charge is 2.37. The van der Waals surface area contributed by atoms with Crippen molar-refractivity contribution in [3.8, 4) is 0 Å². The second-order valence-electron chi connectivity index (χ2n) is 5.48. The van der Waals surface area contributed by atoms with Gasteiger partial charge in [0, 0.05) is 23.1 Å². The molecule has 1 aromatic rings. The van der Waals surface area contributed by atoms with Crippen molar-refractivity contribution in [2.24, 2.45) is 0 Å². The number of amides is 1. The van der Waals surface area contributed by atoms with Gasteiger partial charge in [-0.15, -0.1) is 12.4 Å². The van der Waals surface area contributed by atoms with Crippen LogP contribution in [0, 0.1) is 0 Å². The minimum Gasteiger partial charge on any atom is -0.335 e. The summed E-state index contributed by atoms with van der Waals surface area (Å²) in [4.78, 5) is 14.7. The second kappa shape index (κ2) is 6.92. The smallest absolute Gasteiger partial charge is 0.227 e. The van der Waals surface area contributed by atoms with E-state index >= 15 is 0 Å². The van der Waals surface area contributed by atoms with Crippen molar-refractivity contribution in [1.29, 1.82) is 0 Å². The fourth-order valence-corrected chi connectivity index (χ4v) is 3.52. The summed E-state index contributed by atoms with van der Waals surface area (Å²) in [5, 5.41) is 3.43. The van der Waals surface area contributed by atoms with E-state index in [1.54, 1.807) is 0 Å². The van der Waals surface area contributed by atoms with Gasteiger partial charge in [0.25, 0.3) is 0 Å². The van der Waals surface area contributed by atoms with Crippen LogP contribution in [0.15, 0.2) is 28.7 Å². The first-order valence-corrected chi connectivity index (χ1v) is 7.79. The zero-order valence-electron chi connectivity index (χ0n) is 11.3. The van der Waals surface area contributed by atoms with Gasteiger partial charge in [-0.2, -0.15) is 0 Å². The highest BCUT2D eigenvalue weighted by atomic mass is 79.9. The number of nitrogens with one attached hydrogen (secondary N) is 1. The van der Waals surface area contributed by atoms with Crippen molar-refractivity contribution in [1.82, 2.24) is 10.2 Å². The highest BCUT2D eigenvalue weighted by Crippen LogP contribution is 2.28. The molecule has 3 rings (SSSR count). The number of halogens is 2. The lowest BCUT2D eigenvalue weighted by Crippen LogP contribution is -2.43. The summed E-state index contributed by atoms with van der Waals surface area (Å²) < 4.78 is 1.06. The van der Waals surface area contributed by atoms with Gasteiger partial charge >= 0.3 is 0 Å². The Morgan fingerprint density at radius 1 is 1.20 bits per heavy atom. The lowest BCUT2D eigenvalue weighted by Gasteiger charge is -2.28. The monoisotopic (exact) mass is 358 g/mol. The molecule has 2 heterocycles. The van der Waals surface area contributed by atoms with Gasteiger partial charge < -0.3 is 10.2 Å². The quantitative estimate of drug-likeness (QED) is 0.880. The summed E-state index contributed by atoms with van der Waals surface area (Å²) in [5.41, 5.74) is 1.10. The zero-order chi connectivity index (χ0) is 13.2. The van der Waals surface area contributed by atoms with Crippen LogP contribution in [0.25, 0.3) is 0 Å². The first-order valence-electron chi connectivity index (χ1n) is 7.00. The van der Waals surface area contributed by atoms with E-state index in [-0.39, 0.29) is 12.4 Å². The van der Waals surface area contributed by atoms with Gasteiger partial charge in [-0.3, -0.25) is 4.79 Å². The van der Waals surface area contributed by atoms with Gasteiger partial charge in [0.2, 0.25) is 5.91 Å². The van der Waals surface area contributed by atoms with Crippen LogP contribution in [0.1, 0.15) is 24.8 Å². The minimum absolute atomic E-state index is 0. The van der Waals surface area contributed by atoms with E-state index in [0.29, 0.717) is 24.4 Å². The van der Waals surface area contributed by atoms with Crippen LogP contribution < -0.4 is 5.32 Å². The average Bonchev–Trinajstić information content (AvgIpc) is 2.66. The topological polar surface area (TPSA) is 32.3 Å². The van der Waals surface area contributed by atoms with E-state index in [2.05, 4.69) is 26.1 Å². The molecule has 2 saturated heterocycles. The summed E-state index contributed by atoms with van der Waals surface area (Å²) in [6.45, 7) is 2.01. The third kappa shape index (κ3) is 3.35. The fraction of sp³-hybridized carbons (Fsp3) is 0.533. The summed E-state index contributed by atoms with van der Waals surface area (Å²) in [6, 6.07) is 8.93. The molecule has 2 fully saturated rings. The fourth-order valence-electron chi connectivity index (χ4n) is 3.26. The highest BCUT2D eigenvalue weighted by molar-refractivity contribution is 9.10. The molecule has 110 valence electrons. The number of carbonyl (C=O) groups is 1. The number of rotatable bonds is 2. The number of fused-ring (bicyclic) bond motifs is 2. The Hall–Kier alpha value is -0.580.